The summed E-state index contributed by atoms with van der Waals surface area (Å²) >= 11 is 0. The standard InChI is InChI=1S/C10H15NO5S/c1-5-6-11(7-8(12)13)9(14)10(2,3)17(4,15)16/h1H,6-7H2,2-4H3,(H,12,13). The second kappa shape index (κ2) is 5.19. The van der Waals surface area contributed by atoms with Gasteiger partial charge in [-0.15, -0.1) is 6.42 Å². The van der Waals surface area contributed by atoms with Crippen LogP contribution < -0.4 is 0 Å². The Hall–Kier alpha value is -1.55. The zero-order valence-corrected chi connectivity index (χ0v) is 10.7. The maximum Gasteiger partial charge on any atom is 0.323 e. The minimum Gasteiger partial charge on any atom is -0.480 e. The van der Waals surface area contributed by atoms with Gasteiger partial charge in [0.05, 0.1) is 6.54 Å². The lowest BCUT2D eigenvalue weighted by Gasteiger charge is -2.28. The monoisotopic (exact) mass is 261 g/mol. The van der Waals surface area contributed by atoms with Gasteiger partial charge in [-0.05, 0) is 13.8 Å². The van der Waals surface area contributed by atoms with Crippen molar-refractivity contribution in [3.63, 3.8) is 0 Å². The van der Waals surface area contributed by atoms with Gasteiger partial charge >= 0.3 is 5.97 Å². The highest BCUT2D eigenvalue weighted by molar-refractivity contribution is 7.92. The van der Waals surface area contributed by atoms with E-state index in [-0.39, 0.29) is 6.54 Å². The van der Waals surface area contributed by atoms with Crippen LogP contribution in [-0.4, -0.2) is 54.4 Å². The van der Waals surface area contributed by atoms with Gasteiger partial charge in [0.2, 0.25) is 5.91 Å². The van der Waals surface area contributed by atoms with Gasteiger partial charge in [0.25, 0.3) is 0 Å². The first-order valence-corrected chi connectivity index (χ1v) is 6.57. The van der Waals surface area contributed by atoms with E-state index in [0.29, 0.717) is 0 Å². The number of carboxylic acids is 1. The number of terminal acetylenes is 1. The number of carbonyl (C=O) groups excluding carboxylic acids is 1. The average molecular weight is 261 g/mol. The Bertz CT molecular complexity index is 458. The van der Waals surface area contributed by atoms with Crippen molar-refractivity contribution in [1.82, 2.24) is 4.90 Å². The molecule has 1 N–H and O–H groups in total. The fourth-order valence-electron chi connectivity index (χ4n) is 1.01. The van der Waals surface area contributed by atoms with Crippen molar-refractivity contribution in [2.75, 3.05) is 19.3 Å². The van der Waals surface area contributed by atoms with Gasteiger partial charge in [0, 0.05) is 6.26 Å². The first-order valence-electron chi connectivity index (χ1n) is 4.68. The molecule has 0 rings (SSSR count). The SMILES string of the molecule is C#CCN(CC(=O)O)C(=O)C(C)(C)S(C)(=O)=O. The molecule has 0 aliphatic rings. The molecule has 0 saturated carbocycles. The van der Waals surface area contributed by atoms with E-state index in [1.54, 1.807) is 0 Å². The summed E-state index contributed by atoms with van der Waals surface area (Å²) < 4.78 is 21.2. The van der Waals surface area contributed by atoms with Gasteiger partial charge in [-0.3, -0.25) is 9.59 Å². The van der Waals surface area contributed by atoms with Crippen LogP contribution >= 0.6 is 0 Å². The molecular formula is C10H15NO5S. The van der Waals surface area contributed by atoms with E-state index < -0.39 is 33.0 Å². The third kappa shape index (κ3) is 3.75. The molecule has 6 nitrogen and oxygen atoms in total. The molecule has 0 aromatic heterocycles. The molecule has 0 aliphatic heterocycles. The number of hydrogen-bond acceptors (Lipinski definition) is 4. The molecule has 0 spiro atoms. The van der Waals surface area contributed by atoms with Crippen molar-refractivity contribution in [3.8, 4) is 12.3 Å². The van der Waals surface area contributed by atoms with Gasteiger partial charge in [0.1, 0.15) is 11.3 Å². The van der Waals surface area contributed by atoms with Crippen molar-refractivity contribution in [3.05, 3.63) is 0 Å². The lowest BCUT2D eigenvalue weighted by Crippen LogP contribution is -2.51. The zero-order valence-electron chi connectivity index (χ0n) is 9.93. The number of amides is 1. The Morgan fingerprint density at radius 2 is 1.88 bits per heavy atom. The van der Waals surface area contributed by atoms with Gasteiger partial charge in [-0.1, -0.05) is 5.92 Å². The number of carbonyl (C=O) groups is 2. The highest BCUT2D eigenvalue weighted by Crippen LogP contribution is 2.18. The van der Waals surface area contributed by atoms with E-state index >= 15 is 0 Å². The van der Waals surface area contributed by atoms with Crippen LogP contribution in [0.15, 0.2) is 0 Å². The molecule has 96 valence electrons. The molecule has 0 radical (unpaired) electrons. The fraction of sp³-hybridized carbons (Fsp3) is 0.600. The second-order valence-electron chi connectivity index (χ2n) is 4.04. The molecule has 0 unspecified atom stereocenters. The molecule has 1 amide bonds. The van der Waals surface area contributed by atoms with Gasteiger partial charge in [-0.2, -0.15) is 0 Å². The van der Waals surface area contributed by atoms with Crippen LogP contribution in [0.4, 0.5) is 0 Å². The zero-order chi connectivity index (χ0) is 13.9. The van der Waals surface area contributed by atoms with E-state index in [9.17, 15) is 18.0 Å². The van der Waals surface area contributed by atoms with E-state index in [2.05, 4.69) is 5.92 Å². The Balaban J connectivity index is 5.24. The Morgan fingerprint density at radius 3 is 2.18 bits per heavy atom. The third-order valence-corrected chi connectivity index (χ3v) is 4.37. The minimum absolute atomic E-state index is 0.246. The number of rotatable bonds is 5. The van der Waals surface area contributed by atoms with Crippen molar-refractivity contribution < 1.29 is 23.1 Å². The summed E-state index contributed by atoms with van der Waals surface area (Å²) in [5, 5.41) is 8.62. The van der Waals surface area contributed by atoms with Crippen molar-refractivity contribution in [1.29, 1.82) is 0 Å². The Kier molecular flexibility index (Phi) is 4.71. The molecule has 0 saturated heterocycles. The van der Waals surface area contributed by atoms with Crippen molar-refractivity contribution >= 4 is 21.7 Å². The number of nitrogens with zero attached hydrogens (tertiary/aromatic N) is 1. The summed E-state index contributed by atoms with van der Waals surface area (Å²) in [5.74, 6) is 0.0535. The molecule has 0 bridgehead atoms. The van der Waals surface area contributed by atoms with Crippen LogP contribution in [0.25, 0.3) is 0 Å². The molecule has 0 aliphatic carbocycles. The van der Waals surface area contributed by atoms with E-state index in [4.69, 9.17) is 11.5 Å². The topological polar surface area (TPSA) is 91.8 Å². The van der Waals surface area contributed by atoms with Crippen LogP contribution in [0.3, 0.4) is 0 Å². The average Bonchev–Trinajstić information content (AvgIpc) is 2.13. The Morgan fingerprint density at radius 1 is 1.41 bits per heavy atom. The largest absolute Gasteiger partial charge is 0.480 e. The molecule has 0 aromatic carbocycles. The van der Waals surface area contributed by atoms with Crippen LogP contribution in [0.5, 0.6) is 0 Å². The number of sulfone groups is 1. The molecular weight excluding hydrogens is 246 g/mol. The highest BCUT2D eigenvalue weighted by atomic mass is 32.2. The molecule has 0 aromatic rings. The summed E-state index contributed by atoms with van der Waals surface area (Å²) in [6, 6.07) is 0. The van der Waals surface area contributed by atoms with Gasteiger partial charge in [-0.25, -0.2) is 8.42 Å². The third-order valence-electron chi connectivity index (χ3n) is 2.34. The maximum absolute atomic E-state index is 11.9. The van der Waals surface area contributed by atoms with E-state index in [0.717, 1.165) is 11.2 Å². The predicted octanol–water partition coefficient (Wildman–Crippen LogP) is -0.644. The number of aliphatic carboxylic acids is 1. The summed E-state index contributed by atoms with van der Waals surface area (Å²) in [4.78, 5) is 23.3. The lowest BCUT2D eigenvalue weighted by molar-refractivity contribution is -0.144. The fourth-order valence-corrected chi connectivity index (χ4v) is 1.46. The van der Waals surface area contributed by atoms with Gasteiger partial charge in [0.15, 0.2) is 9.84 Å². The number of hydrogen-bond donors (Lipinski definition) is 1. The van der Waals surface area contributed by atoms with Crippen LogP contribution in [0, 0.1) is 12.3 Å². The summed E-state index contributed by atoms with van der Waals surface area (Å²) in [6.07, 6.45) is 5.93. The van der Waals surface area contributed by atoms with Gasteiger partial charge < -0.3 is 10.0 Å². The minimum atomic E-state index is -3.65. The van der Waals surface area contributed by atoms with Crippen molar-refractivity contribution in [2.24, 2.45) is 0 Å². The summed E-state index contributed by atoms with van der Waals surface area (Å²) in [7, 11) is -3.65. The molecule has 7 heteroatoms. The molecule has 0 fully saturated rings. The maximum atomic E-state index is 11.9. The normalized spacial score (nSPS) is 11.6. The quantitative estimate of drug-likeness (QED) is 0.664. The summed E-state index contributed by atoms with van der Waals surface area (Å²) in [6.45, 7) is 1.57. The smallest absolute Gasteiger partial charge is 0.323 e. The highest BCUT2D eigenvalue weighted by Gasteiger charge is 2.41. The van der Waals surface area contributed by atoms with E-state index in [1.165, 1.54) is 13.8 Å². The van der Waals surface area contributed by atoms with Crippen LogP contribution in [-0.2, 0) is 19.4 Å². The van der Waals surface area contributed by atoms with Crippen molar-refractivity contribution in [2.45, 2.75) is 18.6 Å². The summed E-state index contributed by atoms with van der Waals surface area (Å²) in [5.41, 5.74) is 0. The van der Waals surface area contributed by atoms with Crippen LogP contribution in [0.1, 0.15) is 13.8 Å². The first-order chi connectivity index (χ1) is 7.54. The first kappa shape index (κ1) is 15.4. The molecule has 0 heterocycles. The molecule has 17 heavy (non-hydrogen) atoms. The lowest BCUT2D eigenvalue weighted by atomic mass is 10.1. The number of carboxylic acid groups (broad SMARTS) is 1. The van der Waals surface area contributed by atoms with Crippen LogP contribution in [0.2, 0.25) is 0 Å². The second-order valence-corrected chi connectivity index (χ2v) is 6.61. The molecule has 0 atom stereocenters. The Labute approximate surface area is 101 Å². The van der Waals surface area contributed by atoms with E-state index in [1.807, 2.05) is 0 Å². The predicted molar refractivity (Wildman–Crippen MR) is 62.0 cm³/mol.